The van der Waals surface area contributed by atoms with Gasteiger partial charge in [-0.3, -0.25) is 20.3 Å². The molecule has 0 aliphatic rings. The summed E-state index contributed by atoms with van der Waals surface area (Å²) in [5.74, 6) is -0.333. The zero-order chi connectivity index (χ0) is 11.8. The number of nitrogens with one attached hydrogen (secondary N) is 1. The van der Waals surface area contributed by atoms with Crippen LogP contribution in [0.3, 0.4) is 0 Å². The number of benzene rings is 1. The molecule has 0 atom stereocenters. The summed E-state index contributed by atoms with van der Waals surface area (Å²) in [6.07, 6.45) is 0.470. The van der Waals surface area contributed by atoms with Crippen molar-refractivity contribution in [3.63, 3.8) is 0 Å². The van der Waals surface area contributed by atoms with Crippen molar-refractivity contribution in [2.45, 2.75) is 0 Å². The molecule has 7 heteroatoms. The Kier molecular flexibility index (Phi) is 5.09. The van der Waals surface area contributed by atoms with E-state index in [2.05, 4.69) is 11.5 Å². The van der Waals surface area contributed by atoms with E-state index in [0.29, 0.717) is 6.29 Å². The van der Waals surface area contributed by atoms with Crippen LogP contribution in [0.5, 0.6) is 0 Å². The Bertz CT molecular complexity index is 374. The second-order valence-corrected chi connectivity index (χ2v) is 2.39. The number of nitrogens with two attached hydrogens (primary N) is 2. The first-order valence-corrected chi connectivity index (χ1v) is 3.77. The fraction of sp³-hybridized carbons (Fsp3) is 0. The van der Waals surface area contributed by atoms with E-state index in [4.69, 9.17) is 5.41 Å². The molecular weight excluding hydrogens is 200 g/mol. The van der Waals surface area contributed by atoms with Crippen LogP contribution in [0.2, 0.25) is 0 Å². The molecule has 5 N–H and O–H groups in total. The molecule has 0 aromatic heterocycles. The van der Waals surface area contributed by atoms with Gasteiger partial charge in [-0.05, 0) is 6.07 Å². The van der Waals surface area contributed by atoms with Gasteiger partial charge >= 0.3 is 0 Å². The Balaban J connectivity index is 0.000000423. The number of para-hydroxylation sites is 1. The van der Waals surface area contributed by atoms with Crippen LogP contribution in [0.1, 0.15) is 10.4 Å². The predicted molar refractivity (Wildman–Crippen MR) is 54.6 cm³/mol. The van der Waals surface area contributed by atoms with E-state index in [-0.39, 0.29) is 17.2 Å². The second-order valence-electron chi connectivity index (χ2n) is 2.39. The number of aldehydes is 1. The van der Waals surface area contributed by atoms with Crippen LogP contribution in [0.4, 0.5) is 5.69 Å². The Labute approximate surface area is 85.3 Å². The third-order valence-corrected chi connectivity index (χ3v) is 1.26. The highest BCUT2D eigenvalue weighted by Crippen LogP contribution is 2.14. The molecule has 1 rings (SSSR count). The lowest BCUT2D eigenvalue weighted by molar-refractivity contribution is -0.385. The number of guanidine groups is 1. The number of nitro groups is 1. The zero-order valence-electron chi connectivity index (χ0n) is 7.71. The van der Waals surface area contributed by atoms with Crippen LogP contribution >= 0.6 is 0 Å². The van der Waals surface area contributed by atoms with E-state index in [9.17, 15) is 14.9 Å². The largest absolute Gasteiger partial charge is 0.370 e. The quantitative estimate of drug-likeness (QED) is 0.211. The van der Waals surface area contributed by atoms with Gasteiger partial charge in [-0.25, -0.2) is 0 Å². The molecule has 0 fully saturated rings. The van der Waals surface area contributed by atoms with Crippen molar-refractivity contribution in [3.8, 4) is 0 Å². The fourth-order valence-corrected chi connectivity index (χ4v) is 0.753. The molecule has 0 unspecified atom stereocenters. The zero-order valence-corrected chi connectivity index (χ0v) is 7.71. The van der Waals surface area contributed by atoms with Crippen LogP contribution in [0.25, 0.3) is 0 Å². The van der Waals surface area contributed by atoms with Crippen LogP contribution in [-0.4, -0.2) is 17.2 Å². The highest BCUT2D eigenvalue weighted by atomic mass is 16.6. The maximum Gasteiger partial charge on any atom is 0.279 e. The molecule has 0 aliphatic carbocycles. The van der Waals surface area contributed by atoms with Crippen molar-refractivity contribution in [2.24, 2.45) is 11.5 Å². The van der Waals surface area contributed by atoms with E-state index >= 15 is 0 Å². The van der Waals surface area contributed by atoms with Crippen LogP contribution in [0.15, 0.2) is 24.3 Å². The lowest BCUT2D eigenvalue weighted by Gasteiger charge is -1.91. The SMILES string of the molecule is N=C(N)N.O=Cc1ccccc1[N+](=O)[O-]. The van der Waals surface area contributed by atoms with Gasteiger partial charge in [0.05, 0.1) is 10.5 Å². The van der Waals surface area contributed by atoms with Crippen molar-refractivity contribution >= 4 is 17.9 Å². The molecule has 1 aromatic carbocycles. The van der Waals surface area contributed by atoms with E-state index in [1.54, 1.807) is 6.07 Å². The number of nitro benzene ring substituents is 1. The van der Waals surface area contributed by atoms with Gasteiger partial charge in [0.15, 0.2) is 12.2 Å². The standard InChI is InChI=1S/C7H5NO3.CH5N3/c9-5-6-3-1-2-4-7(6)8(10)11;2-1(3)4/h1-5H;(H5,2,3,4). The summed E-state index contributed by atoms with van der Waals surface area (Å²) in [4.78, 5) is 19.9. The van der Waals surface area contributed by atoms with Gasteiger partial charge in [0.25, 0.3) is 5.69 Å². The minimum Gasteiger partial charge on any atom is -0.370 e. The molecular formula is C8H10N4O3. The summed E-state index contributed by atoms with van der Waals surface area (Å²) >= 11 is 0. The monoisotopic (exact) mass is 210 g/mol. The van der Waals surface area contributed by atoms with E-state index in [1.165, 1.54) is 18.2 Å². The van der Waals surface area contributed by atoms with Crippen molar-refractivity contribution in [1.29, 1.82) is 5.41 Å². The normalized spacial score (nSPS) is 8.27. The molecule has 1 aromatic rings. The average molecular weight is 210 g/mol. The second kappa shape index (κ2) is 6.08. The molecule has 0 radical (unpaired) electrons. The van der Waals surface area contributed by atoms with Gasteiger partial charge in [-0.1, -0.05) is 12.1 Å². The van der Waals surface area contributed by atoms with Crippen molar-refractivity contribution in [3.05, 3.63) is 39.9 Å². The van der Waals surface area contributed by atoms with E-state index in [0.717, 1.165) is 0 Å². The predicted octanol–water partition coefficient (Wildman–Crippen LogP) is 0.246. The molecule has 7 nitrogen and oxygen atoms in total. The van der Waals surface area contributed by atoms with Crippen molar-refractivity contribution in [1.82, 2.24) is 0 Å². The number of nitrogens with zero attached hydrogens (tertiary/aromatic N) is 1. The summed E-state index contributed by atoms with van der Waals surface area (Å²) < 4.78 is 0. The van der Waals surface area contributed by atoms with Gasteiger partial charge in [-0.2, -0.15) is 0 Å². The summed E-state index contributed by atoms with van der Waals surface area (Å²) in [5.41, 5.74) is 8.90. The molecule has 80 valence electrons. The Morgan fingerprint density at radius 2 is 1.87 bits per heavy atom. The van der Waals surface area contributed by atoms with Gasteiger partial charge < -0.3 is 11.5 Å². The van der Waals surface area contributed by atoms with Crippen LogP contribution < -0.4 is 11.5 Å². The summed E-state index contributed by atoms with van der Waals surface area (Å²) in [5, 5.41) is 16.3. The van der Waals surface area contributed by atoms with Crippen LogP contribution in [-0.2, 0) is 0 Å². The van der Waals surface area contributed by atoms with Crippen molar-refractivity contribution in [2.75, 3.05) is 0 Å². The van der Waals surface area contributed by atoms with Gasteiger partial charge in [0.1, 0.15) is 0 Å². The van der Waals surface area contributed by atoms with E-state index < -0.39 is 4.92 Å². The number of carbonyl (C=O) groups is 1. The molecule has 0 spiro atoms. The smallest absolute Gasteiger partial charge is 0.279 e. The van der Waals surface area contributed by atoms with Crippen LogP contribution in [0, 0.1) is 15.5 Å². The molecule has 15 heavy (non-hydrogen) atoms. The number of rotatable bonds is 2. The molecule has 0 amide bonds. The van der Waals surface area contributed by atoms with Gasteiger partial charge in [-0.15, -0.1) is 0 Å². The molecule has 0 saturated heterocycles. The number of carbonyl (C=O) groups excluding carboxylic acids is 1. The lowest BCUT2D eigenvalue weighted by atomic mass is 10.2. The van der Waals surface area contributed by atoms with Crippen molar-refractivity contribution < 1.29 is 9.72 Å². The van der Waals surface area contributed by atoms with Gasteiger partial charge in [0, 0.05) is 6.07 Å². The maximum atomic E-state index is 10.2. The fourth-order valence-electron chi connectivity index (χ4n) is 0.753. The molecule has 0 aliphatic heterocycles. The first-order chi connectivity index (χ1) is 6.99. The summed E-state index contributed by atoms with van der Waals surface area (Å²) in [7, 11) is 0. The number of hydrogen-bond acceptors (Lipinski definition) is 4. The third-order valence-electron chi connectivity index (χ3n) is 1.26. The summed E-state index contributed by atoms with van der Waals surface area (Å²) in [6, 6.07) is 5.80. The maximum absolute atomic E-state index is 10.2. The summed E-state index contributed by atoms with van der Waals surface area (Å²) in [6.45, 7) is 0. The minimum absolute atomic E-state index is 0.109. The Morgan fingerprint density at radius 3 is 2.20 bits per heavy atom. The first-order valence-electron chi connectivity index (χ1n) is 3.77. The average Bonchev–Trinajstić information content (AvgIpc) is 2.16. The van der Waals surface area contributed by atoms with Gasteiger partial charge in [0.2, 0.25) is 0 Å². The van der Waals surface area contributed by atoms with E-state index in [1.807, 2.05) is 0 Å². The molecule has 0 heterocycles. The molecule has 0 saturated carbocycles. The molecule has 0 bridgehead atoms. The number of hydrogen-bond donors (Lipinski definition) is 3. The Morgan fingerprint density at radius 1 is 1.40 bits per heavy atom. The lowest BCUT2D eigenvalue weighted by Crippen LogP contribution is -2.20. The third kappa shape index (κ3) is 4.98. The minimum atomic E-state index is -0.580. The highest BCUT2D eigenvalue weighted by molar-refractivity contribution is 5.81. The Hall–Kier alpha value is -2.44. The topological polar surface area (TPSA) is 136 Å². The highest BCUT2D eigenvalue weighted by Gasteiger charge is 2.09. The first kappa shape index (κ1) is 12.6.